The smallest absolute Gasteiger partial charge is 0.243 e. The van der Waals surface area contributed by atoms with Gasteiger partial charge in [-0.1, -0.05) is 54.1 Å². The van der Waals surface area contributed by atoms with Crippen molar-refractivity contribution in [2.24, 2.45) is 0 Å². The van der Waals surface area contributed by atoms with Gasteiger partial charge in [-0.2, -0.15) is 4.31 Å². The van der Waals surface area contributed by atoms with Gasteiger partial charge >= 0.3 is 0 Å². The van der Waals surface area contributed by atoms with Crippen molar-refractivity contribution in [3.63, 3.8) is 0 Å². The third kappa shape index (κ3) is 4.77. The topological polar surface area (TPSA) is 49.9 Å². The van der Waals surface area contributed by atoms with Crippen LogP contribution in [0.4, 0.5) is 0 Å². The second-order valence-electron chi connectivity index (χ2n) is 7.48. The number of hydrogen-bond donors (Lipinski definition) is 0. The van der Waals surface area contributed by atoms with E-state index in [9.17, 15) is 8.42 Å². The van der Waals surface area contributed by atoms with E-state index >= 15 is 0 Å². The predicted octanol–water partition coefficient (Wildman–Crippen LogP) is 4.44. The molecule has 3 aromatic carbocycles. The van der Waals surface area contributed by atoms with Gasteiger partial charge in [-0.25, -0.2) is 8.42 Å². The largest absolute Gasteiger partial charge is 0.497 e. The second kappa shape index (κ2) is 9.40. The average Bonchev–Trinajstić information content (AvgIpc) is 2.81. The van der Waals surface area contributed by atoms with E-state index in [-0.39, 0.29) is 6.04 Å². The molecule has 4 rings (SSSR count). The molecular formula is C24H25ClN2O3S. The van der Waals surface area contributed by atoms with Crippen molar-refractivity contribution in [1.29, 1.82) is 0 Å². The zero-order chi connectivity index (χ0) is 21.8. The van der Waals surface area contributed by atoms with Gasteiger partial charge in [0.2, 0.25) is 10.0 Å². The summed E-state index contributed by atoms with van der Waals surface area (Å²) in [4.78, 5) is 2.62. The number of benzene rings is 3. The molecule has 1 aliphatic rings. The molecule has 0 radical (unpaired) electrons. The zero-order valence-electron chi connectivity index (χ0n) is 17.3. The van der Waals surface area contributed by atoms with E-state index in [2.05, 4.69) is 17.0 Å². The normalized spacial score (nSPS) is 16.7. The summed E-state index contributed by atoms with van der Waals surface area (Å²) in [7, 11) is -1.98. The van der Waals surface area contributed by atoms with Crippen molar-refractivity contribution in [3.8, 4) is 5.75 Å². The predicted molar refractivity (Wildman–Crippen MR) is 123 cm³/mol. The summed E-state index contributed by atoms with van der Waals surface area (Å²) in [5, 5.41) is 0.700. The molecule has 0 N–H and O–H groups in total. The monoisotopic (exact) mass is 456 g/mol. The number of ether oxygens (including phenoxy) is 1. The van der Waals surface area contributed by atoms with E-state index in [1.165, 1.54) is 5.56 Å². The van der Waals surface area contributed by atoms with E-state index in [1.54, 1.807) is 35.7 Å². The summed E-state index contributed by atoms with van der Waals surface area (Å²) in [5.41, 5.74) is 2.32. The van der Waals surface area contributed by atoms with Crippen molar-refractivity contribution >= 4 is 21.6 Å². The van der Waals surface area contributed by atoms with Gasteiger partial charge in [-0.3, -0.25) is 4.90 Å². The first-order valence-corrected chi connectivity index (χ1v) is 12.0. The number of sulfonamides is 1. The lowest BCUT2D eigenvalue weighted by Gasteiger charge is -2.39. The van der Waals surface area contributed by atoms with E-state index in [1.807, 2.05) is 42.5 Å². The van der Waals surface area contributed by atoms with Gasteiger partial charge in [-0.05, 0) is 47.5 Å². The number of methoxy groups -OCH3 is 1. The molecular weight excluding hydrogens is 432 g/mol. The Kier molecular flexibility index (Phi) is 6.62. The van der Waals surface area contributed by atoms with Gasteiger partial charge in [0.25, 0.3) is 0 Å². The van der Waals surface area contributed by atoms with Crippen LogP contribution in [0.5, 0.6) is 5.75 Å². The molecule has 0 spiro atoms. The zero-order valence-corrected chi connectivity index (χ0v) is 18.9. The Morgan fingerprint density at radius 2 is 1.39 bits per heavy atom. The number of halogens is 1. The molecule has 5 nitrogen and oxygen atoms in total. The highest BCUT2D eigenvalue weighted by Crippen LogP contribution is 2.31. The minimum Gasteiger partial charge on any atom is -0.497 e. The van der Waals surface area contributed by atoms with E-state index in [0.717, 1.165) is 5.56 Å². The van der Waals surface area contributed by atoms with Crippen molar-refractivity contribution in [3.05, 3.63) is 95.0 Å². The van der Waals surface area contributed by atoms with Crippen LogP contribution in [0.25, 0.3) is 0 Å². The lowest BCUT2D eigenvalue weighted by atomic mass is 9.96. The minimum absolute atomic E-state index is 0.0457. The molecule has 1 saturated heterocycles. The highest BCUT2D eigenvalue weighted by atomic mass is 35.5. The van der Waals surface area contributed by atoms with Crippen LogP contribution < -0.4 is 4.74 Å². The Bertz CT molecular complexity index is 1100. The van der Waals surface area contributed by atoms with E-state index in [0.29, 0.717) is 41.8 Å². The van der Waals surface area contributed by atoms with Crippen LogP contribution in [-0.2, 0) is 10.0 Å². The van der Waals surface area contributed by atoms with Gasteiger partial charge in [-0.15, -0.1) is 0 Å². The molecule has 31 heavy (non-hydrogen) atoms. The van der Waals surface area contributed by atoms with Gasteiger partial charge in [0.1, 0.15) is 5.75 Å². The van der Waals surface area contributed by atoms with Gasteiger partial charge in [0.05, 0.1) is 18.0 Å². The van der Waals surface area contributed by atoms with Gasteiger partial charge in [0.15, 0.2) is 0 Å². The molecule has 1 heterocycles. The van der Waals surface area contributed by atoms with Crippen molar-refractivity contribution in [1.82, 2.24) is 9.21 Å². The molecule has 3 aromatic rings. The second-order valence-corrected chi connectivity index (χ2v) is 9.85. The van der Waals surface area contributed by atoms with Gasteiger partial charge in [0, 0.05) is 31.2 Å². The summed E-state index contributed by atoms with van der Waals surface area (Å²) in [5.74, 6) is 0.637. The summed E-state index contributed by atoms with van der Waals surface area (Å²) < 4.78 is 32.9. The van der Waals surface area contributed by atoms with Gasteiger partial charge < -0.3 is 4.74 Å². The summed E-state index contributed by atoms with van der Waals surface area (Å²) >= 11 is 6.10. The fourth-order valence-electron chi connectivity index (χ4n) is 3.99. The fraction of sp³-hybridized carbons (Fsp3) is 0.250. The average molecular weight is 457 g/mol. The Morgan fingerprint density at radius 1 is 0.806 bits per heavy atom. The molecule has 0 saturated carbocycles. The third-order valence-electron chi connectivity index (χ3n) is 5.64. The molecule has 1 fully saturated rings. The Morgan fingerprint density at radius 3 is 1.97 bits per heavy atom. The molecule has 0 amide bonds. The first-order valence-electron chi connectivity index (χ1n) is 10.2. The van der Waals surface area contributed by atoms with Crippen molar-refractivity contribution in [2.45, 2.75) is 10.9 Å². The van der Waals surface area contributed by atoms with Crippen LogP contribution >= 0.6 is 11.6 Å². The molecule has 0 aromatic heterocycles. The molecule has 162 valence electrons. The Hall–Kier alpha value is -2.38. The van der Waals surface area contributed by atoms with E-state index < -0.39 is 10.0 Å². The maximum atomic E-state index is 13.1. The molecule has 0 bridgehead atoms. The maximum absolute atomic E-state index is 13.1. The first kappa shape index (κ1) is 21.8. The molecule has 1 aliphatic heterocycles. The van der Waals surface area contributed by atoms with Crippen molar-refractivity contribution < 1.29 is 13.2 Å². The highest BCUT2D eigenvalue weighted by molar-refractivity contribution is 7.89. The maximum Gasteiger partial charge on any atom is 0.243 e. The highest BCUT2D eigenvalue weighted by Gasteiger charge is 2.32. The lowest BCUT2D eigenvalue weighted by Crippen LogP contribution is -2.49. The molecule has 7 heteroatoms. The van der Waals surface area contributed by atoms with Crippen LogP contribution in [0.15, 0.2) is 83.8 Å². The number of rotatable bonds is 6. The van der Waals surface area contributed by atoms with Crippen LogP contribution in [0.1, 0.15) is 17.2 Å². The quantitative estimate of drug-likeness (QED) is 0.550. The molecule has 1 atom stereocenters. The first-order chi connectivity index (χ1) is 15.0. The van der Waals surface area contributed by atoms with Crippen LogP contribution in [0.3, 0.4) is 0 Å². The Labute approximate surface area is 188 Å². The van der Waals surface area contributed by atoms with Crippen LogP contribution in [-0.4, -0.2) is 50.9 Å². The minimum atomic E-state index is -3.54. The SMILES string of the molecule is COc1ccc(S(=O)(=O)N2CCN([C@H](c3ccccc3)c3ccc(Cl)cc3)CC2)cc1. The number of nitrogens with zero attached hydrogens (tertiary/aromatic N) is 2. The van der Waals surface area contributed by atoms with Crippen LogP contribution in [0.2, 0.25) is 5.02 Å². The summed E-state index contributed by atoms with van der Waals surface area (Å²) in [6, 6.07) is 24.8. The third-order valence-corrected chi connectivity index (χ3v) is 7.80. The van der Waals surface area contributed by atoms with E-state index in [4.69, 9.17) is 16.3 Å². The fourth-order valence-corrected chi connectivity index (χ4v) is 5.54. The number of hydrogen-bond acceptors (Lipinski definition) is 4. The summed E-state index contributed by atoms with van der Waals surface area (Å²) in [6.07, 6.45) is 0. The molecule has 0 aliphatic carbocycles. The van der Waals surface area contributed by atoms with Crippen LogP contribution in [0, 0.1) is 0 Å². The van der Waals surface area contributed by atoms with Crippen molar-refractivity contribution in [2.75, 3.05) is 33.3 Å². The molecule has 0 unspecified atom stereocenters. The number of piperazine rings is 1. The Balaban J connectivity index is 1.54. The summed E-state index contributed by atoms with van der Waals surface area (Å²) in [6.45, 7) is 2.14. The standard InChI is InChI=1S/C24H25ClN2O3S/c1-30-22-11-13-23(14-12-22)31(28,29)27-17-15-26(16-18-27)24(19-5-3-2-4-6-19)20-7-9-21(25)10-8-20/h2-14,24H,15-18H2,1H3/t24-/m1/s1. The lowest BCUT2D eigenvalue weighted by molar-refractivity contribution is 0.156.